The molecule has 0 heterocycles. The highest BCUT2D eigenvalue weighted by Crippen LogP contribution is 2.16. The number of carboxylic acid groups (broad SMARTS) is 1. The van der Waals surface area contributed by atoms with Crippen LogP contribution in [0, 0.1) is 0 Å². The van der Waals surface area contributed by atoms with Crippen LogP contribution < -0.4 is 0 Å². The highest BCUT2D eigenvalue weighted by atomic mass is 32.2. The summed E-state index contributed by atoms with van der Waals surface area (Å²) in [7, 11) is 3.99. The van der Waals surface area contributed by atoms with Crippen molar-refractivity contribution in [2.75, 3.05) is 26.4 Å². The largest absolute Gasteiger partial charge is 0.480 e. The third-order valence-corrected chi connectivity index (χ3v) is 2.94. The van der Waals surface area contributed by atoms with E-state index in [0.29, 0.717) is 0 Å². The zero-order valence-electron chi connectivity index (χ0n) is 8.62. The van der Waals surface area contributed by atoms with Crippen LogP contribution >= 0.6 is 11.8 Å². The van der Waals surface area contributed by atoms with E-state index in [2.05, 4.69) is 4.90 Å². The van der Waals surface area contributed by atoms with Crippen LogP contribution in [0.1, 0.15) is 19.8 Å². The molecule has 0 aromatic rings. The number of rotatable bonds is 7. The average molecular weight is 205 g/mol. The molecule has 0 saturated carbocycles. The van der Waals surface area contributed by atoms with Gasteiger partial charge >= 0.3 is 5.97 Å². The molecule has 4 heteroatoms. The lowest BCUT2D eigenvalue weighted by Crippen LogP contribution is -2.20. The van der Waals surface area contributed by atoms with Gasteiger partial charge in [-0.05, 0) is 20.5 Å². The van der Waals surface area contributed by atoms with Gasteiger partial charge in [-0.2, -0.15) is 0 Å². The minimum Gasteiger partial charge on any atom is -0.480 e. The lowest BCUT2D eigenvalue weighted by atomic mass is 10.2. The molecule has 0 radical (unpaired) electrons. The van der Waals surface area contributed by atoms with Gasteiger partial charge in [0.15, 0.2) is 0 Å². The molecule has 0 aliphatic rings. The van der Waals surface area contributed by atoms with Gasteiger partial charge in [-0.1, -0.05) is 13.3 Å². The van der Waals surface area contributed by atoms with Crippen molar-refractivity contribution in [1.82, 2.24) is 4.90 Å². The Hall–Kier alpha value is -0.220. The summed E-state index contributed by atoms with van der Waals surface area (Å²) in [5.41, 5.74) is 0. The fourth-order valence-corrected chi connectivity index (χ4v) is 2.22. The van der Waals surface area contributed by atoms with Crippen molar-refractivity contribution in [3.63, 3.8) is 0 Å². The molecule has 0 rings (SSSR count). The maximum Gasteiger partial charge on any atom is 0.316 e. The third kappa shape index (κ3) is 6.90. The number of nitrogens with zero attached hydrogens (tertiary/aromatic N) is 1. The van der Waals surface area contributed by atoms with E-state index in [1.807, 2.05) is 21.0 Å². The standard InChI is InChI=1S/C9H19NO2S/c1-4-5-8(9(11)12)13-7-6-10(2)3/h8H,4-7H2,1-3H3,(H,11,12). The Labute approximate surface area is 84.5 Å². The molecule has 1 atom stereocenters. The first-order valence-electron chi connectivity index (χ1n) is 4.57. The van der Waals surface area contributed by atoms with Crippen molar-refractivity contribution in [1.29, 1.82) is 0 Å². The van der Waals surface area contributed by atoms with Crippen molar-refractivity contribution in [2.45, 2.75) is 25.0 Å². The smallest absolute Gasteiger partial charge is 0.316 e. The minimum absolute atomic E-state index is 0.218. The minimum atomic E-state index is -0.675. The molecular weight excluding hydrogens is 186 g/mol. The van der Waals surface area contributed by atoms with Crippen molar-refractivity contribution in [2.24, 2.45) is 0 Å². The van der Waals surface area contributed by atoms with Gasteiger partial charge in [0.05, 0.1) is 0 Å². The Kier molecular flexibility index (Phi) is 7.09. The van der Waals surface area contributed by atoms with E-state index in [9.17, 15) is 4.79 Å². The monoisotopic (exact) mass is 205 g/mol. The summed E-state index contributed by atoms with van der Waals surface area (Å²) in [6, 6.07) is 0. The van der Waals surface area contributed by atoms with Crippen LogP contribution in [0.5, 0.6) is 0 Å². The fraction of sp³-hybridized carbons (Fsp3) is 0.889. The number of thioether (sulfide) groups is 1. The normalized spacial score (nSPS) is 13.2. The Morgan fingerprint density at radius 3 is 2.54 bits per heavy atom. The van der Waals surface area contributed by atoms with Crippen molar-refractivity contribution in [3.8, 4) is 0 Å². The molecule has 0 aliphatic carbocycles. The van der Waals surface area contributed by atoms with Crippen LogP contribution in [0.3, 0.4) is 0 Å². The summed E-state index contributed by atoms with van der Waals surface area (Å²) in [6.07, 6.45) is 1.71. The lowest BCUT2D eigenvalue weighted by molar-refractivity contribution is -0.136. The Bertz CT molecular complexity index is 151. The molecule has 13 heavy (non-hydrogen) atoms. The van der Waals surface area contributed by atoms with Gasteiger partial charge in [0.2, 0.25) is 0 Å². The van der Waals surface area contributed by atoms with Crippen LogP contribution in [-0.4, -0.2) is 47.6 Å². The van der Waals surface area contributed by atoms with E-state index < -0.39 is 5.97 Å². The second-order valence-electron chi connectivity index (χ2n) is 3.29. The zero-order chi connectivity index (χ0) is 10.3. The number of carboxylic acids is 1. The summed E-state index contributed by atoms with van der Waals surface area (Å²) < 4.78 is 0. The van der Waals surface area contributed by atoms with Gasteiger partial charge in [0, 0.05) is 12.3 Å². The van der Waals surface area contributed by atoms with Gasteiger partial charge < -0.3 is 10.0 Å². The van der Waals surface area contributed by atoms with Crippen molar-refractivity contribution >= 4 is 17.7 Å². The predicted molar refractivity (Wildman–Crippen MR) is 57.3 cm³/mol. The summed E-state index contributed by atoms with van der Waals surface area (Å²) in [4.78, 5) is 12.8. The topological polar surface area (TPSA) is 40.5 Å². The van der Waals surface area contributed by atoms with E-state index in [-0.39, 0.29) is 5.25 Å². The molecule has 1 N–H and O–H groups in total. The van der Waals surface area contributed by atoms with E-state index >= 15 is 0 Å². The van der Waals surface area contributed by atoms with Crippen molar-refractivity contribution in [3.05, 3.63) is 0 Å². The second kappa shape index (κ2) is 7.21. The molecule has 78 valence electrons. The molecule has 0 aliphatic heterocycles. The molecule has 0 aromatic heterocycles. The molecule has 0 amide bonds. The highest BCUT2D eigenvalue weighted by molar-refractivity contribution is 8.00. The molecule has 3 nitrogen and oxygen atoms in total. The highest BCUT2D eigenvalue weighted by Gasteiger charge is 2.15. The maximum atomic E-state index is 10.7. The first-order chi connectivity index (χ1) is 6.07. The van der Waals surface area contributed by atoms with Crippen LogP contribution in [0.25, 0.3) is 0 Å². The number of hydrogen-bond acceptors (Lipinski definition) is 3. The van der Waals surface area contributed by atoms with Gasteiger partial charge in [0.1, 0.15) is 5.25 Å². The molecule has 0 spiro atoms. The Morgan fingerprint density at radius 1 is 1.54 bits per heavy atom. The van der Waals surface area contributed by atoms with Crippen LogP contribution in [-0.2, 0) is 4.79 Å². The average Bonchev–Trinajstić information content (AvgIpc) is 2.02. The Morgan fingerprint density at radius 2 is 2.15 bits per heavy atom. The molecule has 0 bridgehead atoms. The summed E-state index contributed by atoms with van der Waals surface area (Å²) in [5.74, 6) is 0.217. The molecule has 0 aromatic carbocycles. The van der Waals surface area contributed by atoms with Gasteiger partial charge in [-0.3, -0.25) is 4.79 Å². The number of hydrogen-bond donors (Lipinski definition) is 1. The summed E-state index contributed by atoms with van der Waals surface area (Å²) >= 11 is 1.54. The van der Waals surface area contributed by atoms with Gasteiger partial charge in [0.25, 0.3) is 0 Å². The van der Waals surface area contributed by atoms with E-state index in [1.54, 1.807) is 11.8 Å². The molecule has 0 saturated heterocycles. The lowest BCUT2D eigenvalue weighted by Gasteiger charge is -2.13. The van der Waals surface area contributed by atoms with Crippen LogP contribution in [0.4, 0.5) is 0 Å². The molecule has 1 unspecified atom stereocenters. The first kappa shape index (κ1) is 12.8. The van der Waals surface area contributed by atoms with Crippen molar-refractivity contribution < 1.29 is 9.90 Å². The first-order valence-corrected chi connectivity index (χ1v) is 5.62. The SMILES string of the molecule is CCCC(SCCN(C)C)C(=O)O. The van der Waals surface area contributed by atoms with Gasteiger partial charge in [-0.15, -0.1) is 11.8 Å². The summed E-state index contributed by atoms with van der Waals surface area (Å²) in [6.45, 7) is 2.96. The third-order valence-electron chi connectivity index (χ3n) is 1.68. The number of aliphatic carboxylic acids is 1. The fourth-order valence-electron chi connectivity index (χ4n) is 0.918. The van der Waals surface area contributed by atoms with Crippen LogP contribution in [0.15, 0.2) is 0 Å². The number of carbonyl (C=O) groups is 1. The quantitative estimate of drug-likeness (QED) is 0.684. The van der Waals surface area contributed by atoms with E-state index in [1.165, 1.54) is 0 Å². The molecule has 0 fully saturated rings. The predicted octanol–water partition coefficient (Wildman–Crippen LogP) is 1.53. The summed E-state index contributed by atoms with van der Waals surface area (Å²) in [5, 5.41) is 8.62. The molecular formula is C9H19NO2S. The zero-order valence-corrected chi connectivity index (χ0v) is 9.43. The van der Waals surface area contributed by atoms with E-state index in [0.717, 1.165) is 25.1 Å². The van der Waals surface area contributed by atoms with E-state index in [4.69, 9.17) is 5.11 Å². The van der Waals surface area contributed by atoms with Crippen LogP contribution in [0.2, 0.25) is 0 Å². The van der Waals surface area contributed by atoms with Gasteiger partial charge in [-0.25, -0.2) is 0 Å². The second-order valence-corrected chi connectivity index (χ2v) is 4.60. The maximum absolute atomic E-state index is 10.7. The Balaban J connectivity index is 3.63.